The minimum atomic E-state index is -0.454. The molecule has 2 aromatic carbocycles. The third-order valence-electron chi connectivity index (χ3n) is 6.79. The highest BCUT2D eigenvalue weighted by Gasteiger charge is 2.32. The molecule has 2 aliphatic rings. The molecule has 1 N–H and O–H groups in total. The quantitative estimate of drug-likeness (QED) is 0.552. The molecule has 0 saturated carbocycles. The van der Waals surface area contributed by atoms with Crippen molar-refractivity contribution in [3.8, 4) is 5.75 Å². The van der Waals surface area contributed by atoms with E-state index in [4.69, 9.17) is 4.74 Å². The number of nitrogens with one attached hydrogen (secondary N) is 1. The molecule has 0 bridgehead atoms. The molecule has 1 aliphatic heterocycles. The molecule has 5 rings (SSSR count). The smallest absolute Gasteiger partial charge is 0.265 e. The SMILES string of the molecule is Cc1ccsc1C(=O)N(Cc1ccc(OC2Cc3ccccc3C2)cc1)[C@H]1CCCCNC1=O. The molecule has 34 heavy (non-hydrogen) atoms. The second-order valence-electron chi connectivity index (χ2n) is 9.23. The van der Waals surface area contributed by atoms with Crippen LogP contribution in [-0.4, -0.2) is 35.4 Å². The third kappa shape index (κ3) is 4.87. The van der Waals surface area contributed by atoms with Gasteiger partial charge in [-0.2, -0.15) is 0 Å². The van der Waals surface area contributed by atoms with Gasteiger partial charge in [-0.3, -0.25) is 9.59 Å². The van der Waals surface area contributed by atoms with Gasteiger partial charge in [0.25, 0.3) is 5.91 Å². The van der Waals surface area contributed by atoms with Gasteiger partial charge in [0.05, 0.1) is 4.88 Å². The fourth-order valence-corrected chi connectivity index (χ4v) is 5.81. The molecule has 176 valence electrons. The number of amides is 2. The van der Waals surface area contributed by atoms with Gasteiger partial charge in [0, 0.05) is 25.9 Å². The lowest BCUT2D eigenvalue weighted by atomic mass is 10.1. The highest BCUT2D eigenvalue weighted by atomic mass is 32.1. The Balaban J connectivity index is 1.31. The Bertz CT molecular complexity index is 1150. The van der Waals surface area contributed by atoms with Crippen LogP contribution in [0, 0.1) is 6.92 Å². The van der Waals surface area contributed by atoms with E-state index in [0.717, 1.165) is 42.6 Å². The molecule has 2 amide bonds. The lowest BCUT2D eigenvalue weighted by Gasteiger charge is -2.30. The monoisotopic (exact) mass is 474 g/mol. The summed E-state index contributed by atoms with van der Waals surface area (Å²) in [6.07, 6.45) is 4.56. The summed E-state index contributed by atoms with van der Waals surface area (Å²) in [6.45, 7) is 3.01. The number of hydrogen-bond acceptors (Lipinski definition) is 4. The van der Waals surface area contributed by atoms with Crippen molar-refractivity contribution < 1.29 is 14.3 Å². The van der Waals surface area contributed by atoms with Crippen LogP contribution >= 0.6 is 11.3 Å². The average molecular weight is 475 g/mol. The maximum absolute atomic E-state index is 13.5. The molecule has 6 heteroatoms. The Morgan fingerprint density at radius 3 is 2.47 bits per heavy atom. The summed E-state index contributed by atoms with van der Waals surface area (Å²) in [5, 5.41) is 4.92. The highest BCUT2D eigenvalue weighted by molar-refractivity contribution is 7.12. The molecular formula is C28H30N2O3S. The number of nitrogens with zero attached hydrogens (tertiary/aromatic N) is 1. The normalized spacial score (nSPS) is 18.1. The second-order valence-corrected chi connectivity index (χ2v) is 10.1. The minimum Gasteiger partial charge on any atom is -0.490 e. The molecule has 1 atom stereocenters. The maximum Gasteiger partial charge on any atom is 0.265 e. The third-order valence-corrected chi connectivity index (χ3v) is 7.80. The van der Waals surface area contributed by atoms with Crippen molar-refractivity contribution in [1.82, 2.24) is 10.2 Å². The Hall–Kier alpha value is -3.12. The molecule has 1 fully saturated rings. The van der Waals surface area contributed by atoms with Crippen molar-refractivity contribution in [2.24, 2.45) is 0 Å². The van der Waals surface area contributed by atoms with E-state index in [2.05, 4.69) is 29.6 Å². The van der Waals surface area contributed by atoms with Crippen LogP contribution < -0.4 is 10.1 Å². The first-order valence-electron chi connectivity index (χ1n) is 12.0. The van der Waals surface area contributed by atoms with Gasteiger partial charge in [0.2, 0.25) is 5.91 Å². The van der Waals surface area contributed by atoms with Gasteiger partial charge in [-0.15, -0.1) is 11.3 Å². The Morgan fingerprint density at radius 2 is 1.79 bits per heavy atom. The van der Waals surface area contributed by atoms with Crippen LogP contribution in [0.4, 0.5) is 0 Å². The summed E-state index contributed by atoms with van der Waals surface area (Å²) in [5.74, 6) is 0.708. The van der Waals surface area contributed by atoms with Crippen LogP contribution in [0.15, 0.2) is 60.0 Å². The van der Waals surface area contributed by atoms with Crippen LogP contribution in [-0.2, 0) is 24.2 Å². The first-order chi connectivity index (χ1) is 16.6. The van der Waals surface area contributed by atoms with Crippen LogP contribution in [0.2, 0.25) is 0 Å². The van der Waals surface area contributed by atoms with Gasteiger partial charge in [0.15, 0.2) is 0 Å². The molecule has 1 saturated heterocycles. The largest absolute Gasteiger partial charge is 0.490 e. The van der Waals surface area contributed by atoms with Crippen LogP contribution in [0.5, 0.6) is 5.75 Å². The van der Waals surface area contributed by atoms with Crippen molar-refractivity contribution in [1.29, 1.82) is 0 Å². The summed E-state index contributed by atoms with van der Waals surface area (Å²) in [5.41, 5.74) is 4.67. The predicted molar refractivity (Wildman–Crippen MR) is 134 cm³/mol. The molecule has 1 aromatic heterocycles. The molecule has 2 heterocycles. The first kappa shape index (κ1) is 22.7. The van der Waals surface area contributed by atoms with E-state index in [9.17, 15) is 9.59 Å². The topological polar surface area (TPSA) is 58.6 Å². The lowest BCUT2D eigenvalue weighted by molar-refractivity contribution is -0.125. The number of rotatable bonds is 6. The number of carbonyl (C=O) groups is 2. The standard InChI is InChI=1S/C28H30N2O3S/c1-19-13-15-34-26(19)28(32)30(25-8-4-5-14-29-27(25)31)18-20-9-11-23(12-10-20)33-24-16-21-6-2-3-7-22(21)17-24/h2-3,6-7,9-13,15,24-25H,4-5,8,14,16-18H2,1H3,(H,29,31)/t25-/m0/s1. The van der Waals surface area contributed by atoms with E-state index < -0.39 is 6.04 Å². The number of benzene rings is 2. The molecule has 0 spiro atoms. The van der Waals surface area contributed by atoms with Gasteiger partial charge >= 0.3 is 0 Å². The molecule has 5 nitrogen and oxygen atoms in total. The fourth-order valence-electron chi connectivity index (χ4n) is 4.93. The van der Waals surface area contributed by atoms with E-state index in [1.165, 1.54) is 22.5 Å². The zero-order valence-corrected chi connectivity index (χ0v) is 20.3. The first-order valence-corrected chi connectivity index (χ1v) is 12.9. The van der Waals surface area contributed by atoms with Crippen molar-refractivity contribution >= 4 is 23.2 Å². The maximum atomic E-state index is 13.5. The molecule has 0 unspecified atom stereocenters. The Kier molecular flexibility index (Phi) is 6.68. The van der Waals surface area contributed by atoms with Crippen molar-refractivity contribution in [3.63, 3.8) is 0 Å². The van der Waals surface area contributed by atoms with E-state index >= 15 is 0 Å². The number of ether oxygens (including phenoxy) is 1. The number of carbonyl (C=O) groups excluding carboxylic acids is 2. The number of fused-ring (bicyclic) bond motifs is 1. The number of thiophene rings is 1. The van der Waals surface area contributed by atoms with Gasteiger partial charge < -0.3 is 15.0 Å². The molecule has 3 aromatic rings. The summed E-state index contributed by atoms with van der Waals surface area (Å²) in [6, 6.07) is 18.0. The molecule has 0 radical (unpaired) electrons. The Morgan fingerprint density at radius 1 is 1.06 bits per heavy atom. The van der Waals surface area contributed by atoms with Crippen molar-refractivity contribution in [2.45, 2.75) is 57.7 Å². The lowest BCUT2D eigenvalue weighted by Crippen LogP contribution is -2.48. The zero-order chi connectivity index (χ0) is 23.5. The number of hydrogen-bond donors (Lipinski definition) is 1. The van der Waals surface area contributed by atoms with Crippen LogP contribution in [0.3, 0.4) is 0 Å². The predicted octanol–water partition coefficient (Wildman–Crippen LogP) is 4.91. The van der Waals surface area contributed by atoms with Crippen molar-refractivity contribution in [3.05, 3.63) is 87.1 Å². The van der Waals surface area contributed by atoms with Gasteiger partial charge in [0.1, 0.15) is 17.9 Å². The number of aryl methyl sites for hydroxylation is 1. The van der Waals surface area contributed by atoms with Gasteiger partial charge in [-0.1, -0.05) is 36.4 Å². The van der Waals surface area contributed by atoms with E-state index in [0.29, 0.717) is 24.4 Å². The van der Waals surface area contributed by atoms with Crippen LogP contribution in [0.1, 0.15) is 51.2 Å². The highest BCUT2D eigenvalue weighted by Crippen LogP contribution is 2.27. The summed E-state index contributed by atoms with van der Waals surface area (Å²) < 4.78 is 6.25. The van der Waals surface area contributed by atoms with E-state index in [1.54, 1.807) is 4.90 Å². The van der Waals surface area contributed by atoms with Gasteiger partial charge in [-0.25, -0.2) is 0 Å². The molecular weight excluding hydrogens is 444 g/mol. The van der Waals surface area contributed by atoms with E-state index in [1.807, 2.05) is 42.6 Å². The second kappa shape index (κ2) is 10.0. The zero-order valence-electron chi connectivity index (χ0n) is 19.5. The Labute approximate surface area is 204 Å². The summed E-state index contributed by atoms with van der Waals surface area (Å²) >= 11 is 1.44. The minimum absolute atomic E-state index is 0.0548. The average Bonchev–Trinajstić information content (AvgIpc) is 3.39. The van der Waals surface area contributed by atoms with E-state index in [-0.39, 0.29) is 17.9 Å². The summed E-state index contributed by atoms with van der Waals surface area (Å²) in [7, 11) is 0. The molecule has 1 aliphatic carbocycles. The fraction of sp³-hybridized carbons (Fsp3) is 0.357. The van der Waals surface area contributed by atoms with Crippen LogP contribution in [0.25, 0.3) is 0 Å². The van der Waals surface area contributed by atoms with Gasteiger partial charge in [-0.05, 0) is 72.0 Å². The van der Waals surface area contributed by atoms with Crippen molar-refractivity contribution in [2.75, 3.05) is 6.54 Å². The summed E-state index contributed by atoms with van der Waals surface area (Å²) in [4.78, 5) is 28.8.